The lowest BCUT2D eigenvalue weighted by Crippen LogP contribution is -2.14. The number of para-hydroxylation sites is 2. The zero-order valence-corrected chi connectivity index (χ0v) is 15.5. The first-order valence-electron chi connectivity index (χ1n) is 7.23. The number of anilines is 1. The van der Waals surface area contributed by atoms with E-state index in [9.17, 15) is 4.79 Å². The van der Waals surface area contributed by atoms with Gasteiger partial charge >= 0.3 is 0 Å². The van der Waals surface area contributed by atoms with Crippen LogP contribution in [0.15, 0.2) is 48.5 Å². The van der Waals surface area contributed by atoms with Crippen molar-refractivity contribution >= 4 is 57.0 Å². The van der Waals surface area contributed by atoms with Crippen molar-refractivity contribution in [2.75, 3.05) is 11.1 Å². The van der Waals surface area contributed by atoms with E-state index in [1.54, 1.807) is 11.8 Å². The van der Waals surface area contributed by atoms with Gasteiger partial charge in [0.05, 0.1) is 22.0 Å². The molecule has 0 aliphatic rings. The lowest BCUT2D eigenvalue weighted by Gasteiger charge is -2.09. The van der Waals surface area contributed by atoms with Crippen molar-refractivity contribution in [3.63, 3.8) is 0 Å². The predicted octanol–water partition coefficient (Wildman–Crippen LogP) is 4.60. The topological polar surface area (TPSA) is 57.8 Å². The zero-order chi connectivity index (χ0) is 16.2. The Kier molecular flexibility index (Phi) is 5.22. The number of carbonyl (C=O) groups is 1. The van der Waals surface area contributed by atoms with E-state index in [4.69, 9.17) is 0 Å². The molecule has 2 N–H and O–H groups in total. The Morgan fingerprint density at radius 2 is 2.13 bits per heavy atom. The van der Waals surface area contributed by atoms with Crippen LogP contribution in [0.3, 0.4) is 0 Å². The molecule has 118 valence electrons. The molecule has 4 nitrogen and oxygen atoms in total. The number of fused-ring (bicyclic) bond motifs is 1. The average Bonchev–Trinajstić information content (AvgIpc) is 2.97. The Morgan fingerprint density at radius 1 is 1.30 bits per heavy atom. The zero-order valence-electron chi connectivity index (χ0n) is 12.5. The first-order chi connectivity index (χ1) is 11.1. The van der Waals surface area contributed by atoms with Gasteiger partial charge < -0.3 is 10.3 Å². The Labute approximate surface area is 152 Å². The summed E-state index contributed by atoms with van der Waals surface area (Å²) in [5.74, 6) is 1.29. The summed E-state index contributed by atoms with van der Waals surface area (Å²) in [4.78, 5) is 20.0. The van der Waals surface area contributed by atoms with Crippen LogP contribution in [-0.4, -0.2) is 21.6 Å². The summed E-state index contributed by atoms with van der Waals surface area (Å²) >= 11 is 3.80. The van der Waals surface area contributed by atoms with Crippen LogP contribution in [0.25, 0.3) is 11.0 Å². The van der Waals surface area contributed by atoms with Gasteiger partial charge in [0.25, 0.3) is 0 Å². The van der Waals surface area contributed by atoms with Gasteiger partial charge in [-0.2, -0.15) is 0 Å². The maximum atomic E-state index is 12.1. The monoisotopic (exact) mass is 437 g/mol. The van der Waals surface area contributed by atoms with E-state index in [1.165, 1.54) is 0 Å². The normalized spacial score (nSPS) is 12.3. The summed E-state index contributed by atoms with van der Waals surface area (Å²) in [6.07, 6.45) is 0. The standard InChI is InChI=1S/C17H16IN3OS/c1-11(17-20-14-7-2-3-8-15(14)21-17)23-10-16(22)19-13-6-4-5-12(18)9-13/h2-9,11H,10H2,1H3,(H,19,22)(H,20,21). The van der Waals surface area contributed by atoms with Crippen LogP contribution in [0.2, 0.25) is 0 Å². The summed E-state index contributed by atoms with van der Waals surface area (Å²) in [5, 5.41) is 3.05. The molecule has 6 heteroatoms. The van der Waals surface area contributed by atoms with E-state index >= 15 is 0 Å². The Balaban J connectivity index is 1.57. The van der Waals surface area contributed by atoms with Crippen LogP contribution < -0.4 is 5.32 Å². The van der Waals surface area contributed by atoms with Crippen LogP contribution in [0, 0.1) is 3.57 Å². The lowest BCUT2D eigenvalue weighted by molar-refractivity contribution is -0.113. The third-order valence-electron chi connectivity index (χ3n) is 3.37. The number of amides is 1. The van der Waals surface area contributed by atoms with Crippen LogP contribution >= 0.6 is 34.4 Å². The van der Waals surface area contributed by atoms with E-state index < -0.39 is 0 Å². The number of carbonyl (C=O) groups excluding carboxylic acids is 1. The summed E-state index contributed by atoms with van der Waals surface area (Å²) in [5.41, 5.74) is 2.82. The van der Waals surface area contributed by atoms with Crippen molar-refractivity contribution in [2.45, 2.75) is 12.2 Å². The molecule has 0 bridgehead atoms. The SMILES string of the molecule is CC(SCC(=O)Nc1cccc(I)c1)c1nc2ccccc2[nH]1. The Hall–Kier alpha value is -1.54. The quantitative estimate of drug-likeness (QED) is 0.574. The number of thioether (sulfide) groups is 1. The third-order valence-corrected chi connectivity index (χ3v) is 5.19. The molecule has 0 fully saturated rings. The van der Waals surface area contributed by atoms with E-state index in [2.05, 4.69) is 44.8 Å². The molecule has 2 aromatic carbocycles. The minimum Gasteiger partial charge on any atom is -0.341 e. The number of nitrogens with one attached hydrogen (secondary N) is 2. The minimum absolute atomic E-state index is 0.0000360. The minimum atomic E-state index is -0.0000360. The fourth-order valence-corrected chi connectivity index (χ4v) is 3.49. The van der Waals surface area contributed by atoms with E-state index in [1.807, 2.05) is 48.5 Å². The summed E-state index contributed by atoms with van der Waals surface area (Å²) in [6, 6.07) is 15.7. The fourth-order valence-electron chi connectivity index (χ4n) is 2.21. The molecule has 1 aromatic heterocycles. The van der Waals surface area contributed by atoms with Gasteiger partial charge in [-0.3, -0.25) is 4.79 Å². The van der Waals surface area contributed by atoms with Crippen molar-refractivity contribution in [2.24, 2.45) is 0 Å². The number of H-pyrrole nitrogens is 1. The third kappa shape index (κ3) is 4.26. The van der Waals surface area contributed by atoms with Crippen molar-refractivity contribution in [1.82, 2.24) is 9.97 Å². The van der Waals surface area contributed by atoms with Crippen molar-refractivity contribution < 1.29 is 4.79 Å². The number of aromatic nitrogens is 2. The van der Waals surface area contributed by atoms with Gasteiger partial charge in [-0.15, -0.1) is 11.8 Å². The fraction of sp³-hybridized carbons (Fsp3) is 0.176. The second-order valence-corrected chi connectivity index (χ2v) is 7.73. The number of aromatic amines is 1. The second-order valence-electron chi connectivity index (χ2n) is 5.15. The maximum absolute atomic E-state index is 12.1. The smallest absolute Gasteiger partial charge is 0.234 e. The molecule has 0 aliphatic carbocycles. The van der Waals surface area contributed by atoms with Crippen LogP contribution in [-0.2, 0) is 4.79 Å². The molecule has 1 amide bonds. The maximum Gasteiger partial charge on any atom is 0.234 e. The highest BCUT2D eigenvalue weighted by molar-refractivity contribution is 14.1. The number of hydrogen-bond donors (Lipinski definition) is 2. The number of halogens is 1. The van der Waals surface area contributed by atoms with E-state index in [0.29, 0.717) is 5.75 Å². The van der Waals surface area contributed by atoms with Crippen LogP contribution in [0.1, 0.15) is 18.0 Å². The lowest BCUT2D eigenvalue weighted by atomic mass is 10.3. The highest BCUT2D eigenvalue weighted by Gasteiger charge is 2.13. The van der Waals surface area contributed by atoms with Crippen molar-refractivity contribution in [1.29, 1.82) is 0 Å². The number of benzene rings is 2. The Morgan fingerprint density at radius 3 is 2.91 bits per heavy atom. The summed E-state index contributed by atoms with van der Waals surface area (Å²) in [7, 11) is 0. The molecule has 3 aromatic rings. The molecule has 1 heterocycles. The molecular formula is C17H16IN3OS. The average molecular weight is 437 g/mol. The molecule has 0 saturated heterocycles. The second kappa shape index (κ2) is 7.35. The highest BCUT2D eigenvalue weighted by Crippen LogP contribution is 2.27. The van der Waals surface area contributed by atoms with Gasteiger partial charge in [0.2, 0.25) is 5.91 Å². The first kappa shape index (κ1) is 16.3. The van der Waals surface area contributed by atoms with Gasteiger partial charge in [0.15, 0.2) is 0 Å². The molecular weight excluding hydrogens is 421 g/mol. The highest BCUT2D eigenvalue weighted by atomic mass is 127. The van der Waals surface area contributed by atoms with Crippen molar-refractivity contribution in [3.8, 4) is 0 Å². The largest absolute Gasteiger partial charge is 0.341 e. The van der Waals surface area contributed by atoms with Gasteiger partial charge in [-0.25, -0.2) is 4.98 Å². The van der Waals surface area contributed by atoms with E-state index in [0.717, 1.165) is 26.1 Å². The molecule has 0 spiro atoms. The van der Waals surface area contributed by atoms with Gasteiger partial charge in [-0.1, -0.05) is 18.2 Å². The molecule has 0 radical (unpaired) electrons. The number of rotatable bonds is 5. The summed E-state index contributed by atoms with van der Waals surface area (Å²) in [6.45, 7) is 2.06. The van der Waals surface area contributed by atoms with Gasteiger partial charge in [0.1, 0.15) is 5.82 Å². The first-order valence-corrected chi connectivity index (χ1v) is 9.36. The van der Waals surface area contributed by atoms with Gasteiger partial charge in [0, 0.05) is 9.26 Å². The number of nitrogens with zero attached hydrogens (tertiary/aromatic N) is 1. The molecule has 3 rings (SSSR count). The number of imidazole rings is 1. The predicted molar refractivity (Wildman–Crippen MR) is 105 cm³/mol. The molecule has 1 unspecified atom stereocenters. The summed E-state index contributed by atoms with van der Waals surface area (Å²) < 4.78 is 1.10. The number of hydrogen-bond acceptors (Lipinski definition) is 3. The molecule has 1 atom stereocenters. The van der Waals surface area contributed by atoms with Crippen LogP contribution in [0.5, 0.6) is 0 Å². The van der Waals surface area contributed by atoms with E-state index in [-0.39, 0.29) is 11.2 Å². The Bertz CT molecular complexity index is 800. The van der Waals surface area contributed by atoms with Gasteiger partial charge in [-0.05, 0) is 59.8 Å². The van der Waals surface area contributed by atoms with Crippen LogP contribution in [0.4, 0.5) is 5.69 Å². The molecule has 23 heavy (non-hydrogen) atoms. The molecule has 0 saturated carbocycles. The molecule has 0 aliphatic heterocycles. The van der Waals surface area contributed by atoms with Crippen molar-refractivity contribution in [3.05, 3.63) is 57.9 Å².